The third kappa shape index (κ3) is 4.48. The normalized spacial score (nSPS) is 18.2. The first-order valence-electron chi connectivity index (χ1n) is 9.06. The van der Waals surface area contributed by atoms with Crippen LogP contribution in [0.4, 0.5) is 0 Å². The van der Waals surface area contributed by atoms with E-state index >= 15 is 0 Å². The summed E-state index contributed by atoms with van der Waals surface area (Å²) in [6, 6.07) is 8.40. The average Bonchev–Trinajstić information content (AvgIpc) is 3.06. The number of imidazole rings is 1. The monoisotopic (exact) mass is 341 g/mol. The lowest BCUT2D eigenvalue weighted by Gasteiger charge is -2.36. The lowest BCUT2D eigenvalue weighted by molar-refractivity contribution is 0.0600. The second-order valence-corrected chi connectivity index (χ2v) is 6.77. The molecule has 1 aromatic carbocycles. The predicted octanol–water partition coefficient (Wildman–Crippen LogP) is 3.42. The Kier molecular flexibility index (Phi) is 5.87. The van der Waals surface area contributed by atoms with Gasteiger partial charge in [-0.25, -0.2) is 9.78 Å². The number of benzene rings is 1. The molecule has 1 fully saturated rings. The highest BCUT2D eigenvalue weighted by Crippen LogP contribution is 2.23. The Labute approximate surface area is 149 Å². The minimum Gasteiger partial charge on any atom is -0.465 e. The van der Waals surface area contributed by atoms with Gasteiger partial charge in [-0.3, -0.25) is 4.90 Å². The van der Waals surface area contributed by atoms with Gasteiger partial charge in [0.2, 0.25) is 0 Å². The summed E-state index contributed by atoms with van der Waals surface area (Å²) >= 11 is 0. The van der Waals surface area contributed by atoms with Gasteiger partial charge in [-0.2, -0.15) is 0 Å². The number of hydrogen-bond acceptors (Lipinski definition) is 4. The number of nitrogens with zero attached hydrogens (tertiary/aromatic N) is 3. The molecule has 1 aromatic heterocycles. The topological polar surface area (TPSA) is 47.4 Å². The number of methoxy groups -OCH3 is 1. The van der Waals surface area contributed by atoms with E-state index < -0.39 is 0 Å². The SMILES string of the molecule is COC(=O)c1ccc(CN2CCCC[C@@H]2CCn2ccnc2C)cc1. The summed E-state index contributed by atoms with van der Waals surface area (Å²) in [7, 11) is 1.41. The van der Waals surface area contributed by atoms with Crippen molar-refractivity contribution in [2.45, 2.75) is 51.7 Å². The summed E-state index contributed by atoms with van der Waals surface area (Å²) < 4.78 is 7.00. The maximum atomic E-state index is 11.6. The molecule has 0 saturated carbocycles. The smallest absolute Gasteiger partial charge is 0.337 e. The molecule has 1 saturated heterocycles. The van der Waals surface area contributed by atoms with Crippen LogP contribution in [0.3, 0.4) is 0 Å². The maximum absolute atomic E-state index is 11.6. The molecule has 0 amide bonds. The van der Waals surface area contributed by atoms with Crippen molar-refractivity contribution in [1.29, 1.82) is 0 Å². The third-order valence-corrected chi connectivity index (χ3v) is 5.14. The number of ether oxygens (including phenoxy) is 1. The highest BCUT2D eigenvalue weighted by Gasteiger charge is 2.22. The van der Waals surface area contributed by atoms with E-state index in [1.54, 1.807) is 0 Å². The van der Waals surface area contributed by atoms with E-state index in [1.807, 2.05) is 30.5 Å². The highest BCUT2D eigenvalue weighted by atomic mass is 16.5. The van der Waals surface area contributed by atoms with Crippen LogP contribution in [0.25, 0.3) is 0 Å². The molecule has 2 heterocycles. The molecule has 0 spiro atoms. The minimum absolute atomic E-state index is 0.280. The molecule has 0 N–H and O–H groups in total. The largest absolute Gasteiger partial charge is 0.465 e. The number of rotatable bonds is 6. The van der Waals surface area contributed by atoms with Crippen LogP contribution >= 0.6 is 0 Å². The van der Waals surface area contributed by atoms with Crippen LogP contribution in [-0.4, -0.2) is 40.1 Å². The number of esters is 1. The van der Waals surface area contributed by atoms with Crippen LogP contribution in [0, 0.1) is 6.92 Å². The fraction of sp³-hybridized carbons (Fsp3) is 0.500. The molecule has 1 atom stereocenters. The number of likely N-dealkylation sites (tertiary alicyclic amines) is 1. The first-order chi connectivity index (χ1) is 12.2. The average molecular weight is 341 g/mol. The van der Waals surface area contributed by atoms with Crippen LogP contribution in [0.5, 0.6) is 0 Å². The van der Waals surface area contributed by atoms with Gasteiger partial charge in [0.05, 0.1) is 12.7 Å². The molecular weight excluding hydrogens is 314 g/mol. The van der Waals surface area contributed by atoms with Crippen molar-refractivity contribution in [3.63, 3.8) is 0 Å². The molecule has 3 rings (SSSR count). The third-order valence-electron chi connectivity index (χ3n) is 5.14. The number of aromatic nitrogens is 2. The molecule has 5 heteroatoms. The van der Waals surface area contributed by atoms with Crippen molar-refractivity contribution < 1.29 is 9.53 Å². The highest BCUT2D eigenvalue weighted by molar-refractivity contribution is 5.89. The number of piperidine rings is 1. The quantitative estimate of drug-likeness (QED) is 0.755. The Morgan fingerprint density at radius 3 is 2.76 bits per heavy atom. The van der Waals surface area contributed by atoms with Gasteiger partial charge >= 0.3 is 5.97 Å². The Balaban J connectivity index is 1.60. The van der Waals surface area contributed by atoms with E-state index in [4.69, 9.17) is 4.74 Å². The first-order valence-corrected chi connectivity index (χ1v) is 9.06. The lowest BCUT2D eigenvalue weighted by atomic mass is 9.98. The van der Waals surface area contributed by atoms with Crippen molar-refractivity contribution in [1.82, 2.24) is 14.5 Å². The lowest BCUT2D eigenvalue weighted by Crippen LogP contribution is -2.39. The van der Waals surface area contributed by atoms with Gasteiger partial charge in [-0.1, -0.05) is 18.6 Å². The van der Waals surface area contributed by atoms with Crippen LogP contribution in [-0.2, 0) is 17.8 Å². The second kappa shape index (κ2) is 8.30. The molecule has 0 bridgehead atoms. The fourth-order valence-corrected chi connectivity index (χ4v) is 3.62. The molecule has 0 aliphatic carbocycles. The molecule has 0 radical (unpaired) electrons. The summed E-state index contributed by atoms with van der Waals surface area (Å²) in [6.45, 7) is 5.16. The standard InChI is InChI=1S/C20H27N3O2/c1-16-21-11-14-22(16)13-10-19-5-3-4-12-23(19)15-17-6-8-18(9-7-17)20(24)25-2/h6-9,11,14,19H,3-5,10,12-13,15H2,1-2H3/t19-/m1/s1. The molecule has 1 aliphatic heterocycles. The first kappa shape index (κ1) is 17.7. The van der Waals surface area contributed by atoms with Crippen molar-refractivity contribution >= 4 is 5.97 Å². The number of hydrogen-bond donors (Lipinski definition) is 0. The van der Waals surface area contributed by atoms with Crippen LogP contribution in [0.2, 0.25) is 0 Å². The zero-order chi connectivity index (χ0) is 17.6. The summed E-state index contributed by atoms with van der Waals surface area (Å²) in [6.07, 6.45) is 8.92. The number of carbonyl (C=O) groups excluding carboxylic acids is 1. The zero-order valence-electron chi connectivity index (χ0n) is 15.1. The van der Waals surface area contributed by atoms with Crippen molar-refractivity contribution in [3.8, 4) is 0 Å². The maximum Gasteiger partial charge on any atom is 0.337 e. The number of aryl methyl sites for hydroxylation is 2. The van der Waals surface area contributed by atoms with E-state index in [-0.39, 0.29) is 5.97 Å². The van der Waals surface area contributed by atoms with Gasteiger partial charge in [0, 0.05) is 31.5 Å². The molecule has 1 aliphatic rings. The fourth-order valence-electron chi connectivity index (χ4n) is 3.62. The van der Waals surface area contributed by atoms with Gasteiger partial charge in [0.15, 0.2) is 0 Å². The van der Waals surface area contributed by atoms with Crippen LogP contribution in [0.1, 0.15) is 47.4 Å². The van der Waals surface area contributed by atoms with E-state index in [0.29, 0.717) is 11.6 Å². The molecule has 5 nitrogen and oxygen atoms in total. The zero-order valence-corrected chi connectivity index (χ0v) is 15.1. The summed E-state index contributed by atoms with van der Waals surface area (Å²) in [4.78, 5) is 18.4. The molecule has 134 valence electrons. The summed E-state index contributed by atoms with van der Waals surface area (Å²) in [5, 5.41) is 0. The van der Waals surface area contributed by atoms with Crippen molar-refractivity contribution in [2.75, 3.05) is 13.7 Å². The van der Waals surface area contributed by atoms with Crippen molar-refractivity contribution in [2.24, 2.45) is 0 Å². The predicted molar refractivity (Wildman–Crippen MR) is 97.4 cm³/mol. The van der Waals surface area contributed by atoms with Crippen LogP contribution in [0.15, 0.2) is 36.7 Å². The Hall–Kier alpha value is -2.14. The van der Waals surface area contributed by atoms with E-state index in [2.05, 4.69) is 27.6 Å². The molecule has 0 unspecified atom stereocenters. The molecule has 2 aromatic rings. The Bertz CT molecular complexity index is 693. The summed E-state index contributed by atoms with van der Waals surface area (Å²) in [5.41, 5.74) is 1.86. The Morgan fingerprint density at radius 2 is 2.08 bits per heavy atom. The minimum atomic E-state index is -0.280. The van der Waals surface area contributed by atoms with Gasteiger partial charge < -0.3 is 9.30 Å². The van der Waals surface area contributed by atoms with Gasteiger partial charge in [0.1, 0.15) is 5.82 Å². The van der Waals surface area contributed by atoms with E-state index in [9.17, 15) is 4.79 Å². The van der Waals surface area contributed by atoms with Gasteiger partial charge in [0.25, 0.3) is 0 Å². The van der Waals surface area contributed by atoms with Gasteiger partial charge in [-0.15, -0.1) is 0 Å². The van der Waals surface area contributed by atoms with E-state index in [0.717, 1.165) is 31.9 Å². The van der Waals surface area contributed by atoms with Gasteiger partial charge in [-0.05, 0) is 50.4 Å². The van der Waals surface area contributed by atoms with Crippen LogP contribution < -0.4 is 0 Å². The second-order valence-electron chi connectivity index (χ2n) is 6.77. The molecule has 25 heavy (non-hydrogen) atoms. The Morgan fingerprint density at radius 1 is 1.28 bits per heavy atom. The number of carbonyl (C=O) groups is 1. The molecular formula is C20H27N3O2. The van der Waals surface area contributed by atoms with Crippen molar-refractivity contribution in [3.05, 3.63) is 53.6 Å². The summed E-state index contributed by atoms with van der Waals surface area (Å²) in [5.74, 6) is 0.804. The van der Waals surface area contributed by atoms with E-state index in [1.165, 1.54) is 31.9 Å².